The topological polar surface area (TPSA) is 20.2 Å². The van der Waals surface area contributed by atoms with Gasteiger partial charge in [-0.1, -0.05) is 12.2 Å². The predicted octanol–water partition coefficient (Wildman–Crippen LogP) is 1.68. The summed E-state index contributed by atoms with van der Waals surface area (Å²) in [6.45, 7) is 0.196. The van der Waals surface area contributed by atoms with E-state index in [1.165, 1.54) is 24.3 Å². The van der Waals surface area contributed by atoms with Crippen LogP contribution in [0.1, 0.15) is 12.8 Å². The van der Waals surface area contributed by atoms with Gasteiger partial charge in [-0.3, -0.25) is 0 Å². The highest BCUT2D eigenvalue weighted by molar-refractivity contribution is 7.99. The van der Waals surface area contributed by atoms with Gasteiger partial charge in [0.05, 0.1) is 6.61 Å². The third kappa shape index (κ3) is 2.76. The van der Waals surface area contributed by atoms with Crippen LogP contribution in [0.25, 0.3) is 0 Å². The Morgan fingerprint density at radius 1 is 1.60 bits per heavy atom. The van der Waals surface area contributed by atoms with Crippen LogP contribution in [0.3, 0.4) is 0 Å². The minimum atomic E-state index is 0.196. The maximum absolute atomic E-state index is 8.50. The van der Waals surface area contributed by atoms with E-state index in [1.807, 2.05) is 17.8 Å². The van der Waals surface area contributed by atoms with Crippen LogP contribution in [0.2, 0.25) is 0 Å². The summed E-state index contributed by atoms with van der Waals surface area (Å²) in [6, 6.07) is 0. The molecule has 1 fully saturated rings. The number of aliphatic hydroxyl groups is 1. The largest absolute Gasteiger partial charge is 0.392 e. The predicted molar refractivity (Wildman–Crippen MR) is 46.3 cm³/mol. The maximum atomic E-state index is 8.50. The van der Waals surface area contributed by atoms with E-state index in [1.54, 1.807) is 0 Å². The van der Waals surface area contributed by atoms with E-state index >= 15 is 0 Å². The highest BCUT2D eigenvalue weighted by Crippen LogP contribution is 2.23. The molecule has 0 spiro atoms. The monoisotopic (exact) mass is 158 g/mol. The average molecular weight is 158 g/mol. The Hall–Kier alpha value is 0.0500. The first kappa shape index (κ1) is 8.15. The van der Waals surface area contributed by atoms with Crippen LogP contribution in [-0.2, 0) is 0 Å². The van der Waals surface area contributed by atoms with Crippen molar-refractivity contribution >= 4 is 11.8 Å². The van der Waals surface area contributed by atoms with E-state index < -0.39 is 0 Å². The molecule has 58 valence electrons. The van der Waals surface area contributed by atoms with Crippen LogP contribution in [0.15, 0.2) is 12.2 Å². The fraction of sp³-hybridized carbons (Fsp3) is 0.750. The number of hydrogen-bond acceptors (Lipinski definition) is 2. The lowest BCUT2D eigenvalue weighted by atomic mass is 10.1. The maximum Gasteiger partial charge on any atom is 0.0612 e. The zero-order chi connectivity index (χ0) is 7.23. The second-order valence-electron chi connectivity index (χ2n) is 2.59. The van der Waals surface area contributed by atoms with Gasteiger partial charge in [-0.2, -0.15) is 11.8 Å². The lowest BCUT2D eigenvalue weighted by Crippen LogP contribution is -2.07. The zero-order valence-electron chi connectivity index (χ0n) is 6.12. The molecular weight excluding hydrogens is 144 g/mol. The Kier molecular flexibility index (Phi) is 3.91. The van der Waals surface area contributed by atoms with E-state index in [0.717, 1.165) is 5.92 Å². The number of hydrogen-bond donors (Lipinski definition) is 1. The normalized spacial score (nSPS) is 27.5. The molecule has 1 aliphatic heterocycles. The van der Waals surface area contributed by atoms with Crippen molar-refractivity contribution in [3.63, 3.8) is 0 Å². The van der Waals surface area contributed by atoms with Gasteiger partial charge in [-0.25, -0.2) is 0 Å². The fourth-order valence-corrected chi connectivity index (χ4v) is 2.29. The van der Waals surface area contributed by atoms with Gasteiger partial charge >= 0.3 is 0 Å². The summed E-state index contributed by atoms with van der Waals surface area (Å²) in [7, 11) is 0. The summed E-state index contributed by atoms with van der Waals surface area (Å²) in [5.41, 5.74) is 0. The van der Waals surface area contributed by atoms with E-state index in [9.17, 15) is 0 Å². The molecule has 2 heteroatoms. The SMILES string of the molecule is OC/C=C/C1CCCSC1. The number of aliphatic hydroxyl groups excluding tert-OH is 1. The van der Waals surface area contributed by atoms with Crippen LogP contribution in [0.4, 0.5) is 0 Å². The highest BCUT2D eigenvalue weighted by atomic mass is 32.2. The first-order chi connectivity index (χ1) is 4.93. The van der Waals surface area contributed by atoms with Crippen LogP contribution in [0.5, 0.6) is 0 Å². The first-order valence-electron chi connectivity index (χ1n) is 3.78. The molecule has 0 amide bonds. The molecule has 1 atom stereocenters. The van der Waals surface area contributed by atoms with Crippen molar-refractivity contribution < 1.29 is 5.11 Å². The van der Waals surface area contributed by atoms with Gasteiger partial charge in [-0.15, -0.1) is 0 Å². The molecule has 0 aliphatic carbocycles. The van der Waals surface area contributed by atoms with E-state index in [2.05, 4.69) is 6.08 Å². The van der Waals surface area contributed by atoms with Crippen LogP contribution >= 0.6 is 11.8 Å². The summed E-state index contributed by atoms with van der Waals surface area (Å²) >= 11 is 2.02. The summed E-state index contributed by atoms with van der Waals surface area (Å²) in [5.74, 6) is 3.30. The van der Waals surface area contributed by atoms with E-state index in [0.29, 0.717) is 0 Å². The Labute approximate surface area is 66.5 Å². The highest BCUT2D eigenvalue weighted by Gasteiger charge is 2.09. The quantitative estimate of drug-likeness (QED) is 0.617. The van der Waals surface area contributed by atoms with Crippen molar-refractivity contribution in [3.8, 4) is 0 Å². The van der Waals surface area contributed by atoms with Gasteiger partial charge in [0.1, 0.15) is 0 Å². The minimum Gasteiger partial charge on any atom is -0.392 e. The molecule has 1 N–H and O–H groups in total. The van der Waals surface area contributed by atoms with E-state index in [-0.39, 0.29) is 6.61 Å². The van der Waals surface area contributed by atoms with Gasteiger partial charge in [0.25, 0.3) is 0 Å². The standard InChI is InChI=1S/C8H14OS/c9-5-1-3-8-4-2-6-10-7-8/h1,3,8-9H,2,4-7H2/b3-1+. The van der Waals surface area contributed by atoms with Crippen LogP contribution in [0, 0.1) is 5.92 Å². The Balaban J connectivity index is 2.19. The molecular formula is C8H14OS. The lowest BCUT2D eigenvalue weighted by Gasteiger charge is -2.17. The van der Waals surface area contributed by atoms with Gasteiger partial charge < -0.3 is 5.11 Å². The second kappa shape index (κ2) is 4.80. The average Bonchev–Trinajstić information content (AvgIpc) is 2.03. The third-order valence-electron chi connectivity index (χ3n) is 1.71. The number of thioether (sulfide) groups is 1. The molecule has 0 aromatic heterocycles. The fourth-order valence-electron chi connectivity index (χ4n) is 1.17. The Morgan fingerprint density at radius 2 is 2.50 bits per heavy atom. The summed E-state index contributed by atoms with van der Waals surface area (Å²) in [5, 5.41) is 8.50. The summed E-state index contributed by atoms with van der Waals surface area (Å²) < 4.78 is 0. The second-order valence-corrected chi connectivity index (χ2v) is 3.74. The van der Waals surface area contributed by atoms with Crippen molar-refractivity contribution in [2.24, 2.45) is 5.92 Å². The van der Waals surface area contributed by atoms with E-state index in [4.69, 9.17) is 5.11 Å². The molecule has 1 heterocycles. The van der Waals surface area contributed by atoms with Crippen LogP contribution < -0.4 is 0 Å². The third-order valence-corrected chi connectivity index (χ3v) is 2.95. The lowest BCUT2D eigenvalue weighted by molar-refractivity contribution is 0.341. The Bertz CT molecular complexity index is 106. The van der Waals surface area contributed by atoms with Crippen molar-refractivity contribution in [3.05, 3.63) is 12.2 Å². The molecule has 1 saturated heterocycles. The molecule has 0 saturated carbocycles. The van der Waals surface area contributed by atoms with Gasteiger partial charge in [0, 0.05) is 0 Å². The molecule has 0 bridgehead atoms. The van der Waals surface area contributed by atoms with Crippen molar-refractivity contribution in [2.75, 3.05) is 18.1 Å². The van der Waals surface area contributed by atoms with Crippen LogP contribution in [-0.4, -0.2) is 23.2 Å². The molecule has 1 rings (SSSR count). The smallest absolute Gasteiger partial charge is 0.0612 e. The first-order valence-corrected chi connectivity index (χ1v) is 4.94. The van der Waals surface area contributed by atoms with Crippen molar-refractivity contribution in [1.29, 1.82) is 0 Å². The molecule has 10 heavy (non-hydrogen) atoms. The Morgan fingerprint density at radius 3 is 3.10 bits per heavy atom. The molecule has 0 aromatic carbocycles. The van der Waals surface area contributed by atoms with Crippen molar-refractivity contribution in [1.82, 2.24) is 0 Å². The molecule has 1 nitrogen and oxygen atoms in total. The number of rotatable bonds is 2. The molecule has 0 aromatic rings. The van der Waals surface area contributed by atoms with Crippen molar-refractivity contribution in [2.45, 2.75) is 12.8 Å². The zero-order valence-corrected chi connectivity index (χ0v) is 6.94. The molecule has 1 unspecified atom stereocenters. The van der Waals surface area contributed by atoms with Gasteiger partial charge in [-0.05, 0) is 30.3 Å². The molecule has 1 aliphatic rings. The van der Waals surface area contributed by atoms with Gasteiger partial charge in [0.2, 0.25) is 0 Å². The summed E-state index contributed by atoms with van der Waals surface area (Å²) in [4.78, 5) is 0. The molecule has 0 radical (unpaired) electrons. The minimum absolute atomic E-state index is 0.196. The number of allylic oxidation sites excluding steroid dienone is 1. The van der Waals surface area contributed by atoms with Gasteiger partial charge in [0.15, 0.2) is 0 Å². The summed E-state index contributed by atoms with van der Waals surface area (Å²) in [6.07, 6.45) is 6.65.